The van der Waals surface area contributed by atoms with Crippen LogP contribution < -0.4 is 5.32 Å². The molecule has 4 bridgehead atoms. The van der Waals surface area contributed by atoms with Crippen LogP contribution in [0.2, 0.25) is 0 Å². The molecular weight excluding hydrogens is 302 g/mol. The highest BCUT2D eigenvalue weighted by molar-refractivity contribution is 5.94. The van der Waals surface area contributed by atoms with Crippen LogP contribution in [-0.2, 0) is 4.79 Å². The number of amides is 1. The number of carbonyl (C=O) groups is 1. The summed E-state index contributed by atoms with van der Waals surface area (Å²) in [6, 6.07) is 3.73. The van der Waals surface area contributed by atoms with E-state index >= 15 is 0 Å². The average molecular weight is 323 g/mol. The summed E-state index contributed by atoms with van der Waals surface area (Å²) >= 11 is 0. The fourth-order valence-corrected chi connectivity index (χ4v) is 5.56. The highest BCUT2D eigenvalue weighted by atomic mass is 16.2. The molecule has 2 heterocycles. The van der Waals surface area contributed by atoms with E-state index in [9.17, 15) is 4.79 Å². The quantitative estimate of drug-likeness (QED) is 0.942. The van der Waals surface area contributed by atoms with Crippen molar-refractivity contribution in [2.75, 3.05) is 5.32 Å². The van der Waals surface area contributed by atoms with Crippen LogP contribution >= 0.6 is 0 Å². The number of anilines is 1. The van der Waals surface area contributed by atoms with Crippen LogP contribution in [0.5, 0.6) is 0 Å². The van der Waals surface area contributed by atoms with E-state index in [1.54, 1.807) is 17.2 Å². The first-order chi connectivity index (χ1) is 11.8. The summed E-state index contributed by atoms with van der Waals surface area (Å²) in [6.07, 6.45) is 11.2. The molecule has 4 aliphatic rings. The molecule has 4 fully saturated rings. The first-order valence-electron chi connectivity index (χ1n) is 8.89. The maximum Gasteiger partial charge on any atom is 0.228 e. The molecule has 6 nitrogen and oxygen atoms in total. The molecule has 1 N–H and O–H groups in total. The van der Waals surface area contributed by atoms with E-state index in [-0.39, 0.29) is 11.8 Å². The Kier molecular flexibility index (Phi) is 3.18. The molecule has 6 rings (SSSR count). The second-order valence-corrected chi connectivity index (χ2v) is 7.66. The zero-order valence-electron chi connectivity index (χ0n) is 13.5. The molecule has 124 valence electrons. The predicted molar refractivity (Wildman–Crippen MR) is 88.3 cm³/mol. The summed E-state index contributed by atoms with van der Waals surface area (Å²) in [5.41, 5.74) is 0.710. The fourth-order valence-electron chi connectivity index (χ4n) is 5.56. The van der Waals surface area contributed by atoms with Gasteiger partial charge in [-0.1, -0.05) is 0 Å². The van der Waals surface area contributed by atoms with Crippen molar-refractivity contribution in [1.82, 2.24) is 19.7 Å². The Balaban J connectivity index is 1.40. The summed E-state index contributed by atoms with van der Waals surface area (Å²) < 4.78 is 1.59. The van der Waals surface area contributed by atoms with Crippen LogP contribution in [0.3, 0.4) is 0 Å². The van der Waals surface area contributed by atoms with Gasteiger partial charge in [-0.25, -0.2) is 14.6 Å². The van der Waals surface area contributed by atoms with Gasteiger partial charge in [0.05, 0.1) is 5.69 Å². The lowest BCUT2D eigenvalue weighted by Gasteiger charge is -2.53. The van der Waals surface area contributed by atoms with Gasteiger partial charge in [0.15, 0.2) is 5.82 Å². The van der Waals surface area contributed by atoms with Crippen molar-refractivity contribution in [1.29, 1.82) is 0 Å². The van der Waals surface area contributed by atoms with Crippen molar-refractivity contribution in [2.45, 2.75) is 32.1 Å². The van der Waals surface area contributed by atoms with Gasteiger partial charge in [0.1, 0.15) is 12.7 Å². The number of pyridine rings is 1. The number of rotatable bonds is 3. The minimum Gasteiger partial charge on any atom is -0.323 e. The molecule has 4 saturated carbocycles. The second kappa shape index (κ2) is 5.40. The molecule has 0 aromatic carbocycles. The standard InChI is InChI=1S/C18H21N5O/c24-18(16-13-5-11-4-12(7-13)8-14(16)6-11)22-15-2-1-3-20-17(15)23-10-19-9-21-23/h1-3,9-14,16H,4-8H2,(H,22,24). The number of hydrogen-bond donors (Lipinski definition) is 1. The number of nitrogens with one attached hydrogen (secondary N) is 1. The van der Waals surface area contributed by atoms with Gasteiger partial charge in [-0.3, -0.25) is 4.79 Å². The average Bonchev–Trinajstić information content (AvgIpc) is 3.08. The van der Waals surface area contributed by atoms with Crippen LogP contribution in [0.15, 0.2) is 31.0 Å². The van der Waals surface area contributed by atoms with E-state index in [0.29, 0.717) is 23.3 Å². The van der Waals surface area contributed by atoms with E-state index in [2.05, 4.69) is 20.4 Å². The summed E-state index contributed by atoms with van der Waals surface area (Å²) in [4.78, 5) is 21.4. The molecule has 1 amide bonds. The number of aromatic nitrogens is 4. The SMILES string of the molecule is O=C(Nc1cccnc1-n1cncn1)C1C2CC3CC(C2)CC1C3. The highest BCUT2D eigenvalue weighted by Crippen LogP contribution is 2.56. The van der Waals surface area contributed by atoms with E-state index in [0.717, 1.165) is 11.8 Å². The van der Waals surface area contributed by atoms with Gasteiger partial charge in [-0.2, -0.15) is 5.10 Å². The van der Waals surface area contributed by atoms with Crippen LogP contribution in [0.4, 0.5) is 5.69 Å². The van der Waals surface area contributed by atoms with Gasteiger partial charge in [-0.15, -0.1) is 0 Å². The molecule has 0 atom stereocenters. The third-order valence-corrected chi connectivity index (χ3v) is 6.21. The van der Waals surface area contributed by atoms with Gasteiger partial charge >= 0.3 is 0 Å². The topological polar surface area (TPSA) is 72.7 Å². The normalized spacial score (nSPS) is 33.6. The Hall–Kier alpha value is -2.24. The molecule has 6 heteroatoms. The molecule has 24 heavy (non-hydrogen) atoms. The fraction of sp³-hybridized carbons (Fsp3) is 0.556. The Morgan fingerprint density at radius 2 is 1.88 bits per heavy atom. The lowest BCUT2D eigenvalue weighted by Crippen LogP contribution is -2.49. The number of carbonyl (C=O) groups excluding carboxylic acids is 1. The zero-order chi connectivity index (χ0) is 16.1. The van der Waals surface area contributed by atoms with E-state index in [1.807, 2.05) is 12.1 Å². The molecule has 0 spiro atoms. The number of hydrogen-bond acceptors (Lipinski definition) is 4. The second-order valence-electron chi connectivity index (χ2n) is 7.66. The van der Waals surface area contributed by atoms with E-state index in [1.165, 1.54) is 38.4 Å². The Morgan fingerprint density at radius 3 is 2.54 bits per heavy atom. The van der Waals surface area contributed by atoms with Gasteiger partial charge in [0, 0.05) is 12.1 Å². The van der Waals surface area contributed by atoms with Crippen molar-refractivity contribution in [3.63, 3.8) is 0 Å². The maximum atomic E-state index is 13.0. The summed E-state index contributed by atoms with van der Waals surface area (Å²) in [7, 11) is 0. The minimum absolute atomic E-state index is 0.165. The maximum absolute atomic E-state index is 13.0. The number of nitrogens with zero attached hydrogens (tertiary/aromatic N) is 4. The van der Waals surface area contributed by atoms with Crippen molar-refractivity contribution < 1.29 is 4.79 Å². The molecule has 2 aromatic rings. The molecular formula is C18H21N5O. The van der Waals surface area contributed by atoms with Gasteiger partial charge in [0.25, 0.3) is 0 Å². The van der Waals surface area contributed by atoms with Crippen molar-refractivity contribution in [3.05, 3.63) is 31.0 Å². The van der Waals surface area contributed by atoms with Crippen LogP contribution in [0.1, 0.15) is 32.1 Å². The van der Waals surface area contributed by atoms with Crippen molar-refractivity contribution in [3.8, 4) is 5.82 Å². The Bertz CT molecular complexity index is 729. The van der Waals surface area contributed by atoms with Gasteiger partial charge in [0.2, 0.25) is 5.91 Å². The smallest absolute Gasteiger partial charge is 0.228 e. The zero-order valence-corrected chi connectivity index (χ0v) is 13.5. The van der Waals surface area contributed by atoms with E-state index < -0.39 is 0 Å². The lowest BCUT2D eigenvalue weighted by atomic mass is 9.51. The predicted octanol–water partition coefficient (Wildman–Crippen LogP) is 2.67. The largest absolute Gasteiger partial charge is 0.323 e. The Morgan fingerprint density at radius 1 is 1.12 bits per heavy atom. The molecule has 0 unspecified atom stereocenters. The molecule has 0 saturated heterocycles. The summed E-state index contributed by atoms with van der Waals surface area (Å²) in [6.45, 7) is 0. The molecule has 0 radical (unpaired) electrons. The van der Waals surface area contributed by atoms with Crippen molar-refractivity contribution in [2.24, 2.45) is 29.6 Å². The van der Waals surface area contributed by atoms with Crippen LogP contribution in [0.25, 0.3) is 5.82 Å². The van der Waals surface area contributed by atoms with E-state index in [4.69, 9.17) is 0 Å². The third kappa shape index (κ3) is 2.24. The highest BCUT2D eigenvalue weighted by Gasteiger charge is 2.50. The summed E-state index contributed by atoms with van der Waals surface area (Å²) in [5.74, 6) is 3.86. The monoisotopic (exact) mass is 323 g/mol. The van der Waals surface area contributed by atoms with Crippen LogP contribution in [0, 0.1) is 29.6 Å². The third-order valence-electron chi connectivity index (χ3n) is 6.21. The van der Waals surface area contributed by atoms with Gasteiger partial charge in [-0.05, 0) is 67.9 Å². The lowest BCUT2D eigenvalue weighted by molar-refractivity contribution is -0.132. The van der Waals surface area contributed by atoms with Crippen LogP contribution in [-0.4, -0.2) is 25.7 Å². The van der Waals surface area contributed by atoms with Gasteiger partial charge < -0.3 is 5.32 Å². The molecule has 4 aliphatic carbocycles. The minimum atomic E-state index is 0.165. The first-order valence-corrected chi connectivity index (χ1v) is 8.89. The molecule has 2 aromatic heterocycles. The summed E-state index contributed by atoms with van der Waals surface area (Å²) in [5, 5.41) is 7.27. The molecule has 0 aliphatic heterocycles. The van der Waals surface area contributed by atoms with Crippen molar-refractivity contribution >= 4 is 11.6 Å². The Labute approximate surface area is 140 Å². The first kappa shape index (κ1) is 14.1.